The highest BCUT2D eigenvalue weighted by Gasteiger charge is 2.29. The molecule has 0 fully saturated rings. The van der Waals surface area contributed by atoms with Crippen molar-refractivity contribution in [3.63, 3.8) is 0 Å². The maximum atomic E-state index is 14.2. The van der Waals surface area contributed by atoms with Crippen LogP contribution < -0.4 is 0 Å². The van der Waals surface area contributed by atoms with Crippen molar-refractivity contribution in [2.75, 3.05) is 20.4 Å². The summed E-state index contributed by atoms with van der Waals surface area (Å²) in [5, 5.41) is 9.11. The smallest absolute Gasteiger partial charge is 0.224 e. The van der Waals surface area contributed by atoms with Crippen molar-refractivity contribution in [1.29, 1.82) is 5.26 Å². The molecule has 0 spiro atoms. The molecule has 0 amide bonds. The Morgan fingerprint density at radius 1 is 1.35 bits per heavy atom. The molecule has 0 unspecified atom stereocenters. The number of fused-ring (bicyclic) bond motifs is 1. The number of sulfone groups is 1. The zero-order valence-electron chi connectivity index (χ0n) is 12.1. The van der Waals surface area contributed by atoms with E-state index in [1.165, 1.54) is 14.1 Å². The molecule has 1 aromatic carbocycles. The normalized spacial score (nSPS) is 12.7. The predicted octanol–water partition coefficient (Wildman–Crippen LogP) is 0.868. The Balaban J connectivity index is 3.09. The second kappa shape index (κ2) is 5.52. The topological polar surface area (TPSA) is 113 Å². The molecule has 1 heterocycles. The maximum Gasteiger partial charge on any atom is 0.309 e. The van der Waals surface area contributed by atoms with Gasteiger partial charge in [-0.05, 0) is 15.9 Å². The third-order valence-corrected chi connectivity index (χ3v) is 6.85. The van der Waals surface area contributed by atoms with E-state index in [2.05, 4.69) is 20.9 Å². The van der Waals surface area contributed by atoms with Gasteiger partial charge < -0.3 is 0 Å². The first-order valence-corrected chi connectivity index (χ1v) is 9.94. The molecule has 0 atom stereocenters. The maximum absolute atomic E-state index is 14.2. The molecule has 2 rings (SSSR count). The minimum atomic E-state index is -4.16. The first-order valence-electron chi connectivity index (χ1n) is 5.86. The fraction of sp³-hybridized carbons (Fsp3) is 0.273. The molecule has 2 aromatic rings. The summed E-state index contributed by atoms with van der Waals surface area (Å²) in [4.78, 5) is 3.16. The Morgan fingerprint density at radius 2 is 1.91 bits per heavy atom. The van der Waals surface area contributed by atoms with Crippen LogP contribution in [0.5, 0.6) is 0 Å². The standard InChI is InChI=1S/C11H10BrFN4O4S2/c1-16(2)23(20,21)17-7-4-6(13)11(22(3,18)19)9(12)10(7)15-8(17)5-14/h4H,1-3H3. The SMILES string of the molecule is CN(C)S(=O)(=O)n1c(C#N)nc2c(Br)c(S(C)(=O)=O)c(F)cc21. The van der Waals surface area contributed by atoms with E-state index < -0.39 is 36.6 Å². The van der Waals surface area contributed by atoms with Crippen molar-refractivity contribution < 1.29 is 21.2 Å². The summed E-state index contributed by atoms with van der Waals surface area (Å²) < 4.78 is 63.4. The minimum Gasteiger partial charge on any atom is -0.224 e. The molecule has 0 aliphatic carbocycles. The number of halogens is 2. The van der Waals surface area contributed by atoms with Gasteiger partial charge in [-0.3, -0.25) is 0 Å². The Bertz CT molecular complexity index is 1070. The molecule has 0 saturated heterocycles. The fourth-order valence-corrected chi connectivity index (χ4v) is 5.13. The lowest BCUT2D eigenvalue weighted by Crippen LogP contribution is -2.29. The number of rotatable bonds is 3. The summed E-state index contributed by atoms with van der Waals surface area (Å²) in [6, 6.07) is 2.33. The van der Waals surface area contributed by atoms with Crippen LogP contribution in [0.25, 0.3) is 11.0 Å². The van der Waals surface area contributed by atoms with E-state index in [1.54, 1.807) is 6.07 Å². The van der Waals surface area contributed by atoms with Crippen LogP contribution in [0.4, 0.5) is 4.39 Å². The third kappa shape index (κ3) is 2.74. The van der Waals surface area contributed by atoms with E-state index in [0.717, 1.165) is 16.6 Å². The molecule has 1 aromatic heterocycles. The predicted molar refractivity (Wildman–Crippen MR) is 83.2 cm³/mol. The average Bonchev–Trinajstić information content (AvgIpc) is 2.76. The first-order chi connectivity index (χ1) is 10.4. The Labute approximate surface area is 140 Å². The molecule has 23 heavy (non-hydrogen) atoms. The molecule has 124 valence electrons. The summed E-state index contributed by atoms with van der Waals surface area (Å²) in [5.41, 5.74) is -0.388. The molecule has 0 aliphatic rings. The zero-order valence-corrected chi connectivity index (χ0v) is 15.3. The second-order valence-electron chi connectivity index (χ2n) is 4.74. The molecule has 8 nitrogen and oxygen atoms in total. The van der Waals surface area contributed by atoms with Gasteiger partial charge in [0, 0.05) is 26.4 Å². The van der Waals surface area contributed by atoms with Gasteiger partial charge >= 0.3 is 10.2 Å². The summed E-state index contributed by atoms with van der Waals surface area (Å²) >= 11 is 2.94. The van der Waals surface area contributed by atoms with E-state index in [1.807, 2.05) is 0 Å². The van der Waals surface area contributed by atoms with Gasteiger partial charge in [0.15, 0.2) is 9.84 Å². The van der Waals surface area contributed by atoms with Crippen LogP contribution in [0.15, 0.2) is 15.4 Å². The molecule has 12 heteroatoms. The number of aromatic nitrogens is 2. The number of hydrogen-bond donors (Lipinski definition) is 0. The van der Waals surface area contributed by atoms with Crippen LogP contribution in [0.2, 0.25) is 0 Å². The zero-order chi connectivity index (χ0) is 17.7. The van der Waals surface area contributed by atoms with Crippen LogP contribution >= 0.6 is 15.9 Å². The number of imidazole rings is 1. The summed E-state index contributed by atoms with van der Waals surface area (Å²) in [6.45, 7) is 0. The van der Waals surface area contributed by atoms with Crippen molar-refractivity contribution in [2.24, 2.45) is 0 Å². The van der Waals surface area contributed by atoms with Crippen molar-refractivity contribution in [2.45, 2.75) is 4.90 Å². The van der Waals surface area contributed by atoms with Gasteiger partial charge in [-0.1, -0.05) is 0 Å². The Morgan fingerprint density at radius 3 is 2.35 bits per heavy atom. The molecule has 0 radical (unpaired) electrons. The first kappa shape index (κ1) is 17.8. The second-order valence-corrected chi connectivity index (χ2v) is 9.48. The van der Waals surface area contributed by atoms with Crippen molar-refractivity contribution in [1.82, 2.24) is 13.3 Å². The van der Waals surface area contributed by atoms with Crippen molar-refractivity contribution in [3.8, 4) is 6.07 Å². The lowest BCUT2D eigenvalue weighted by atomic mass is 10.3. The number of benzene rings is 1. The van der Waals surface area contributed by atoms with Gasteiger partial charge in [-0.2, -0.15) is 22.0 Å². The van der Waals surface area contributed by atoms with Crippen LogP contribution in [0, 0.1) is 17.1 Å². The summed E-state index contributed by atoms with van der Waals surface area (Å²) in [5.74, 6) is -1.66. The van der Waals surface area contributed by atoms with Crippen LogP contribution in [0.3, 0.4) is 0 Å². The van der Waals surface area contributed by atoms with Crippen LogP contribution in [-0.4, -0.2) is 50.4 Å². The lowest BCUT2D eigenvalue weighted by Gasteiger charge is -2.13. The Hall–Kier alpha value is -1.55. The van der Waals surface area contributed by atoms with Crippen LogP contribution in [0.1, 0.15) is 5.82 Å². The third-order valence-electron chi connectivity index (χ3n) is 2.92. The molecular weight excluding hydrogens is 415 g/mol. The molecule has 0 saturated carbocycles. The van der Waals surface area contributed by atoms with Gasteiger partial charge in [0.1, 0.15) is 22.3 Å². The van der Waals surface area contributed by atoms with Crippen LogP contribution in [-0.2, 0) is 20.0 Å². The van der Waals surface area contributed by atoms with Gasteiger partial charge in [0.2, 0.25) is 5.82 Å². The quantitative estimate of drug-likeness (QED) is 0.721. The molecular formula is C11H10BrFN4O4S2. The van der Waals surface area contributed by atoms with Crippen molar-refractivity contribution >= 4 is 47.0 Å². The average molecular weight is 425 g/mol. The van der Waals surface area contributed by atoms with Gasteiger partial charge in [-0.15, -0.1) is 0 Å². The lowest BCUT2D eigenvalue weighted by molar-refractivity contribution is 0.511. The highest BCUT2D eigenvalue weighted by molar-refractivity contribution is 9.10. The van der Waals surface area contributed by atoms with Gasteiger partial charge in [0.05, 0.1) is 9.99 Å². The minimum absolute atomic E-state index is 0.145. The van der Waals surface area contributed by atoms with E-state index in [-0.39, 0.29) is 15.5 Å². The van der Waals surface area contributed by atoms with Crippen molar-refractivity contribution in [3.05, 3.63) is 22.2 Å². The van der Waals surface area contributed by atoms with E-state index >= 15 is 0 Å². The number of nitriles is 1. The highest BCUT2D eigenvalue weighted by atomic mass is 79.9. The highest BCUT2D eigenvalue weighted by Crippen LogP contribution is 2.34. The summed E-state index contributed by atoms with van der Waals surface area (Å²) in [6.07, 6.45) is 0.806. The van der Waals surface area contributed by atoms with E-state index in [9.17, 15) is 21.2 Å². The van der Waals surface area contributed by atoms with E-state index in [0.29, 0.717) is 3.97 Å². The van der Waals surface area contributed by atoms with E-state index in [4.69, 9.17) is 5.26 Å². The molecule has 0 aliphatic heterocycles. The van der Waals surface area contributed by atoms with Gasteiger partial charge in [-0.25, -0.2) is 17.8 Å². The fourth-order valence-electron chi connectivity index (χ4n) is 1.91. The number of hydrogen-bond acceptors (Lipinski definition) is 6. The number of nitrogens with zero attached hydrogens (tertiary/aromatic N) is 4. The monoisotopic (exact) mass is 424 g/mol. The summed E-state index contributed by atoms with van der Waals surface area (Å²) in [7, 11) is -5.62. The molecule has 0 bridgehead atoms. The molecule has 0 N–H and O–H groups in total. The Kier molecular flexibility index (Phi) is 4.27. The largest absolute Gasteiger partial charge is 0.309 e. The van der Waals surface area contributed by atoms with Gasteiger partial charge in [0.25, 0.3) is 0 Å².